The number of nitrogens with zero attached hydrogens (tertiary/aromatic N) is 5. The lowest BCUT2D eigenvalue weighted by Crippen LogP contribution is -2.53. The predicted molar refractivity (Wildman–Crippen MR) is 149 cm³/mol. The van der Waals surface area contributed by atoms with E-state index in [0.29, 0.717) is 30.2 Å². The van der Waals surface area contributed by atoms with Gasteiger partial charge in [0.2, 0.25) is 11.6 Å². The molecule has 1 aromatic carbocycles. The van der Waals surface area contributed by atoms with Crippen molar-refractivity contribution in [1.82, 2.24) is 9.88 Å². The van der Waals surface area contributed by atoms with Crippen LogP contribution in [0.25, 0.3) is 0 Å². The summed E-state index contributed by atoms with van der Waals surface area (Å²) in [5.74, 6) is 6.27. The zero-order valence-corrected chi connectivity index (χ0v) is 23.1. The number of aliphatic imine (C=N–C) groups is 2. The Morgan fingerprint density at radius 2 is 1.93 bits per heavy atom. The van der Waals surface area contributed by atoms with Crippen molar-refractivity contribution in [3.05, 3.63) is 83.1 Å². The summed E-state index contributed by atoms with van der Waals surface area (Å²) in [7, 11) is 0. The van der Waals surface area contributed by atoms with Crippen molar-refractivity contribution in [2.24, 2.45) is 27.2 Å². The number of piperidine rings is 1. The highest BCUT2D eigenvalue weighted by Crippen LogP contribution is 2.38. The second-order valence-electron chi connectivity index (χ2n) is 11.2. The number of amides is 2. The number of carbonyl (C=O) groups excluding carboxylic acids is 2. The molecule has 5 rings (SSSR count). The molecular formula is C29H31F3N7O3+. The molecule has 10 nitrogen and oxygen atoms in total. The second-order valence-corrected chi connectivity index (χ2v) is 11.2. The number of quaternary nitrogens is 1. The van der Waals surface area contributed by atoms with Gasteiger partial charge in [-0.05, 0) is 63.1 Å². The van der Waals surface area contributed by atoms with Crippen LogP contribution in [-0.4, -0.2) is 63.1 Å². The Morgan fingerprint density at radius 3 is 2.62 bits per heavy atom. The second kappa shape index (κ2) is 10.9. The number of hydrogen-bond donors (Lipinski definition) is 3. The van der Waals surface area contributed by atoms with Crippen LogP contribution in [0.5, 0.6) is 0 Å². The predicted octanol–water partition coefficient (Wildman–Crippen LogP) is 3.83. The van der Waals surface area contributed by atoms with Crippen molar-refractivity contribution < 1.29 is 32.5 Å². The Labute approximate surface area is 240 Å². The molecule has 4 heterocycles. The maximum absolute atomic E-state index is 13.1. The van der Waals surface area contributed by atoms with Gasteiger partial charge in [-0.15, -0.1) is 4.59 Å². The first-order valence-electron chi connectivity index (χ1n) is 13.4. The number of allylic oxidation sites excluding steroid dienone is 1. The molecule has 42 heavy (non-hydrogen) atoms. The molecule has 3 aliphatic heterocycles. The van der Waals surface area contributed by atoms with Crippen LogP contribution in [0.15, 0.2) is 76.4 Å². The van der Waals surface area contributed by atoms with Gasteiger partial charge < -0.3 is 15.3 Å². The van der Waals surface area contributed by atoms with Gasteiger partial charge in [0.15, 0.2) is 0 Å². The zero-order chi connectivity index (χ0) is 30.3. The molecule has 0 radical (unpaired) electrons. The van der Waals surface area contributed by atoms with Crippen LogP contribution in [-0.2, 0) is 11.0 Å². The van der Waals surface area contributed by atoms with Gasteiger partial charge in [-0.2, -0.15) is 24.0 Å². The summed E-state index contributed by atoms with van der Waals surface area (Å²) in [5.41, 5.74) is 0.417. The lowest BCUT2D eigenvalue weighted by atomic mass is 9.88. The van der Waals surface area contributed by atoms with Crippen molar-refractivity contribution in [2.75, 3.05) is 25.0 Å². The Bertz CT molecular complexity index is 1530. The fourth-order valence-electron chi connectivity index (χ4n) is 5.22. The molecule has 2 aromatic rings. The number of alkyl halides is 3. The zero-order valence-electron chi connectivity index (χ0n) is 23.1. The highest BCUT2D eigenvalue weighted by atomic mass is 19.4. The van der Waals surface area contributed by atoms with Crippen LogP contribution in [0.3, 0.4) is 0 Å². The van der Waals surface area contributed by atoms with E-state index in [-0.39, 0.29) is 34.4 Å². The van der Waals surface area contributed by atoms with Crippen LogP contribution in [0, 0.1) is 11.3 Å². The number of halogens is 3. The highest BCUT2D eigenvalue weighted by Gasteiger charge is 2.47. The number of carbonyl (C=O) groups is 2. The van der Waals surface area contributed by atoms with Gasteiger partial charge in [0, 0.05) is 30.8 Å². The van der Waals surface area contributed by atoms with Gasteiger partial charge in [-0.3, -0.25) is 14.6 Å². The molecule has 0 aliphatic carbocycles. The molecule has 0 spiro atoms. The van der Waals surface area contributed by atoms with Crippen molar-refractivity contribution >= 4 is 29.7 Å². The molecule has 13 heteroatoms. The average molecular weight is 583 g/mol. The number of benzene rings is 1. The molecule has 0 saturated carbocycles. The highest BCUT2D eigenvalue weighted by molar-refractivity contribution is 6.05. The topological polar surface area (TPSA) is 133 Å². The maximum Gasteiger partial charge on any atom is 0.416 e. The SMILES string of the molecule is CC(C)(CO)C(=O)N1CCCC(C2=C3C=NC=C[N+]3(N)C(c3ccc(C(=O)Nc4cc(C(F)(F)F)ccn4)cc3)=N2)C1. The number of aromatic nitrogens is 1. The van der Waals surface area contributed by atoms with Gasteiger partial charge in [-0.25, -0.2) is 4.98 Å². The first-order chi connectivity index (χ1) is 19.8. The van der Waals surface area contributed by atoms with Crippen LogP contribution >= 0.6 is 0 Å². The number of nitrogens with one attached hydrogen (secondary N) is 1. The number of aliphatic hydroxyl groups is 1. The summed E-state index contributed by atoms with van der Waals surface area (Å²) in [6.07, 6.45) is 2.91. The number of aliphatic hydroxyl groups excluding tert-OH is 1. The first-order valence-corrected chi connectivity index (χ1v) is 13.4. The summed E-state index contributed by atoms with van der Waals surface area (Å²) in [5, 5.41) is 12.1. The fourth-order valence-corrected chi connectivity index (χ4v) is 5.22. The smallest absolute Gasteiger partial charge is 0.395 e. The fraction of sp³-hybridized carbons (Fsp3) is 0.345. The largest absolute Gasteiger partial charge is 0.416 e. The van der Waals surface area contributed by atoms with Crippen molar-refractivity contribution in [3.63, 3.8) is 0 Å². The van der Waals surface area contributed by atoms with E-state index < -0.39 is 23.1 Å². The Hall–Kier alpha value is -4.20. The van der Waals surface area contributed by atoms with E-state index in [1.54, 1.807) is 49.5 Å². The molecule has 2 unspecified atom stereocenters. The van der Waals surface area contributed by atoms with Gasteiger partial charge >= 0.3 is 6.18 Å². The van der Waals surface area contributed by atoms with Gasteiger partial charge in [0.25, 0.3) is 11.7 Å². The molecule has 4 N–H and O–H groups in total. The third-order valence-corrected chi connectivity index (χ3v) is 7.63. The van der Waals surface area contributed by atoms with Crippen molar-refractivity contribution in [2.45, 2.75) is 32.9 Å². The van der Waals surface area contributed by atoms with E-state index in [1.807, 2.05) is 0 Å². The summed E-state index contributed by atoms with van der Waals surface area (Å²) >= 11 is 0. The van der Waals surface area contributed by atoms with Crippen LogP contribution in [0.2, 0.25) is 0 Å². The number of likely N-dealkylation sites (tertiary alicyclic amines) is 1. The molecule has 2 amide bonds. The first kappa shape index (κ1) is 29.3. The van der Waals surface area contributed by atoms with Gasteiger partial charge in [0.1, 0.15) is 17.7 Å². The number of rotatable bonds is 6. The normalized spacial score (nSPS) is 22.2. The molecule has 220 valence electrons. The lowest BCUT2D eigenvalue weighted by Gasteiger charge is -2.37. The van der Waals surface area contributed by atoms with Crippen LogP contribution in [0.4, 0.5) is 19.0 Å². The number of amidine groups is 1. The minimum atomic E-state index is -4.56. The molecule has 0 bridgehead atoms. The van der Waals surface area contributed by atoms with Crippen LogP contribution in [0.1, 0.15) is 48.2 Å². The van der Waals surface area contributed by atoms with Crippen molar-refractivity contribution in [3.8, 4) is 0 Å². The quantitative estimate of drug-likeness (QED) is 0.352. The van der Waals surface area contributed by atoms with Crippen molar-refractivity contribution in [1.29, 1.82) is 0 Å². The Balaban J connectivity index is 1.38. The molecule has 1 aromatic heterocycles. The Morgan fingerprint density at radius 1 is 1.19 bits per heavy atom. The molecule has 1 fully saturated rings. The minimum absolute atomic E-state index is 0.103. The maximum atomic E-state index is 13.1. The summed E-state index contributed by atoms with van der Waals surface area (Å²) in [6, 6.07) is 8.00. The lowest BCUT2D eigenvalue weighted by molar-refractivity contribution is -0.750. The number of nitrogens with two attached hydrogens (primary N) is 1. The molecular weight excluding hydrogens is 551 g/mol. The summed E-state index contributed by atoms with van der Waals surface area (Å²) in [6.45, 7) is 4.19. The average Bonchev–Trinajstić information content (AvgIpc) is 3.29. The van der Waals surface area contributed by atoms with E-state index in [2.05, 4.69) is 15.3 Å². The number of fused-ring (bicyclic) bond motifs is 1. The summed E-state index contributed by atoms with van der Waals surface area (Å²) < 4.78 is 38.8. The Kier molecular flexibility index (Phi) is 7.60. The van der Waals surface area contributed by atoms with E-state index in [0.717, 1.165) is 36.9 Å². The third kappa shape index (κ3) is 5.50. The van der Waals surface area contributed by atoms with E-state index in [1.165, 1.54) is 12.1 Å². The monoisotopic (exact) mass is 582 g/mol. The van der Waals surface area contributed by atoms with Crippen LogP contribution < -0.4 is 11.2 Å². The van der Waals surface area contributed by atoms with E-state index >= 15 is 0 Å². The van der Waals surface area contributed by atoms with E-state index in [4.69, 9.17) is 10.8 Å². The number of anilines is 1. The molecule has 1 saturated heterocycles. The standard InChI is InChI=1S/C29H30F3N7O3/c1-28(2,17-40)27(42)38-12-3-4-20(16-38)24-22-15-34-11-13-39(22,33)25(37-24)18-5-7-19(8-6-18)26(41)36-23-14-21(9-10-35-23)29(30,31)32/h5-11,13-15,20,40H,3-4,12,16-17,33H2,1-2H3/p+1. The number of pyridine rings is 1. The third-order valence-electron chi connectivity index (χ3n) is 7.63. The molecule has 3 aliphatic rings. The van der Waals surface area contributed by atoms with E-state index in [9.17, 15) is 27.9 Å². The van der Waals surface area contributed by atoms with Gasteiger partial charge in [0.05, 0.1) is 35.6 Å². The van der Waals surface area contributed by atoms with Gasteiger partial charge in [-0.1, -0.05) is 0 Å². The minimum Gasteiger partial charge on any atom is -0.395 e. The molecule has 2 atom stereocenters. The number of hydrogen-bond acceptors (Lipinski definition) is 7. The summed E-state index contributed by atoms with van der Waals surface area (Å²) in [4.78, 5) is 40.6.